The molecule has 162 valence electrons. The van der Waals surface area contributed by atoms with E-state index in [0.717, 1.165) is 31.9 Å². The molecular formula is C23H33N5O2. The first-order valence-corrected chi connectivity index (χ1v) is 10.5. The Balaban J connectivity index is 1.47. The van der Waals surface area contributed by atoms with Crippen LogP contribution < -0.4 is 21.3 Å². The fourth-order valence-corrected chi connectivity index (χ4v) is 3.62. The summed E-state index contributed by atoms with van der Waals surface area (Å²) < 4.78 is 5.40. The van der Waals surface area contributed by atoms with Gasteiger partial charge in [0.2, 0.25) is 0 Å². The van der Waals surface area contributed by atoms with E-state index in [2.05, 4.69) is 65.6 Å². The summed E-state index contributed by atoms with van der Waals surface area (Å²) in [4.78, 5) is 17.9. The van der Waals surface area contributed by atoms with Gasteiger partial charge in [-0.25, -0.2) is 0 Å². The Hall–Kier alpha value is -2.96. The second kappa shape index (κ2) is 9.24. The molecule has 0 atom stereocenters. The summed E-state index contributed by atoms with van der Waals surface area (Å²) in [6.07, 6.45) is 2.07. The van der Waals surface area contributed by atoms with Gasteiger partial charge in [0.1, 0.15) is 5.76 Å². The average molecular weight is 412 g/mol. The number of furan rings is 1. The molecule has 0 aliphatic carbocycles. The lowest BCUT2D eigenvalue weighted by atomic mass is 9.87. The SMILES string of the molecule is CN=C(NCc1ccc(C(N)=O)o1)NC1CCN(c2ccc(C(C)(C)C)cc2)CC1. The third-order valence-electron chi connectivity index (χ3n) is 5.49. The zero-order chi connectivity index (χ0) is 21.7. The van der Waals surface area contributed by atoms with Gasteiger partial charge in [0.15, 0.2) is 11.7 Å². The molecule has 1 aliphatic rings. The number of hydrogen-bond acceptors (Lipinski definition) is 4. The number of nitrogens with zero attached hydrogens (tertiary/aromatic N) is 2. The lowest BCUT2D eigenvalue weighted by Gasteiger charge is -2.35. The van der Waals surface area contributed by atoms with Crippen molar-refractivity contribution < 1.29 is 9.21 Å². The van der Waals surface area contributed by atoms with Crippen LogP contribution >= 0.6 is 0 Å². The Labute approximate surface area is 178 Å². The number of amides is 1. The summed E-state index contributed by atoms with van der Waals surface area (Å²) in [6, 6.07) is 12.6. The molecule has 0 bridgehead atoms. The van der Waals surface area contributed by atoms with E-state index in [1.54, 1.807) is 19.2 Å². The molecule has 0 radical (unpaired) electrons. The minimum Gasteiger partial charge on any atom is -0.454 e. The molecule has 7 nitrogen and oxygen atoms in total. The molecule has 1 fully saturated rings. The van der Waals surface area contributed by atoms with Crippen LogP contribution in [0.2, 0.25) is 0 Å². The number of benzene rings is 1. The minimum atomic E-state index is -0.566. The highest BCUT2D eigenvalue weighted by atomic mass is 16.3. The lowest BCUT2D eigenvalue weighted by molar-refractivity contribution is 0.0972. The second-order valence-corrected chi connectivity index (χ2v) is 8.76. The number of carbonyl (C=O) groups is 1. The first-order chi connectivity index (χ1) is 14.3. The van der Waals surface area contributed by atoms with Crippen molar-refractivity contribution in [2.24, 2.45) is 10.7 Å². The Bertz CT molecular complexity index is 872. The summed E-state index contributed by atoms with van der Waals surface area (Å²) in [5.41, 5.74) is 8.04. The van der Waals surface area contributed by atoms with Gasteiger partial charge in [0, 0.05) is 31.9 Å². The number of rotatable bonds is 5. The molecule has 3 rings (SSSR count). The molecule has 1 amide bonds. The third-order valence-corrected chi connectivity index (χ3v) is 5.49. The smallest absolute Gasteiger partial charge is 0.284 e. The van der Waals surface area contributed by atoms with E-state index in [1.807, 2.05) is 0 Å². The van der Waals surface area contributed by atoms with Crippen molar-refractivity contribution in [2.75, 3.05) is 25.0 Å². The number of carbonyl (C=O) groups excluding carboxylic acids is 1. The molecule has 0 saturated carbocycles. The van der Waals surface area contributed by atoms with Crippen LogP contribution in [0.4, 0.5) is 5.69 Å². The maximum atomic E-state index is 11.1. The predicted octanol–water partition coefficient (Wildman–Crippen LogP) is 3.01. The highest BCUT2D eigenvalue weighted by Gasteiger charge is 2.21. The number of guanidine groups is 1. The van der Waals surface area contributed by atoms with E-state index in [1.165, 1.54) is 11.3 Å². The lowest BCUT2D eigenvalue weighted by Crippen LogP contribution is -2.48. The minimum absolute atomic E-state index is 0.164. The zero-order valence-electron chi connectivity index (χ0n) is 18.4. The standard InChI is InChI=1S/C23H33N5O2/c1-23(2,3)16-5-7-18(8-6-16)28-13-11-17(12-14-28)27-22(25-4)26-15-19-9-10-20(30-19)21(24)29/h5-10,17H,11-15H2,1-4H3,(H2,24,29)(H2,25,26,27). The van der Waals surface area contributed by atoms with Crippen LogP contribution in [0.5, 0.6) is 0 Å². The van der Waals surface area contributed by atoms with Crippen molar-refractivity contribution in [3.8, 4) is 0 Å². The van der Waals surface area contributed by atoms with Gasteiger partial charge in [-0.1, -0.05) is 32.9 Å². The molecule has 2 heterocycles. The summed E-state index contributed by atoms with van der Waals surface area (Å²) in [5.74, 6) is 0.960. The summed E-state index contributed by atoms with van der Waals surface area (Å²) in [7, 11) is 1.75. The largest absolute Gasteiger partial charge is 0.454 e. The molecule has 1 aliphatic heterocycles. The highest BCUT2D eigenvalue weighted by molar-refractivity contribution is 5.89. The van der Waals surface area contributed by atoms with Crippen molar-refractivity contribution in [3.63, 3.8) is 0 Å². The first-order valence-electron chi connectivity index (χ1n) is 10.5. The van der Waals surface area contributed by atoms with Crippen molar-refractivity contribution in [1.29, 1.82) is 0 Å². The maximum absolute atomic E-state index is 11.1. The topological polar surface area (TPSA) is 95.9 Å². The van der Waals surface area contributed by atoms with Crippen LogP contribution in [-0.4, -0.2) is 38.0 Å². The Morgan fingerprint density at radius 3 is 2.37 bits per heavy atom. The molecule has 1 aromatic carbocycles. The van der Waals surface area contributed by atoms with Gasteiger partial charge < -0.3 is 25.7 Å². The van der Waals surface area contributed by atoms with Gasteiger partial charge in [0.05, 0.1) is 6.54 Å². The Morgan fingerprint density at radius 2 is 1.83 bits per heavy atom. The predicted molar refractivity (Wildman–Crippen MR) is 121 cm³/mol. The van der Waals surface area contributed by atoms with Gasteiger partial charge in [0.25, 0.3) is 5.91 Å². The number of piperidine rings is 1. The van der Waals surface area contributed by atoms with Crippen LogP contribution in [0.25, 0.3) is 0 Å². The van der Waals surface area contributed by atoms with Crippen LogP contribution in [0, 0.1) is 0 Å². The summed E-state index contributed by atoms with van der Waals surface area (Å²) in [6.45, 7) is 9.16. The molecule has 1 aromatic heterocycles. The van der Waals surface area contributed by atoms with E-state index in [9.17, 15) is 4.79 Å². The average Bonchev–Trinajstić information content (AvgIpc) is 3.20. The van der Waals surface area contributed by atoms with E-state index >= 15 is 0 Å². The number of aliphatic imine (C=N–C) groups is 1. The van der Waals surface area contributed by atoms with E-state index < -0.39 is 5.91 Å². The number of anilines is 1. The highest BCUT2D eigenvalue weighted by Crippen LogP contribution is 2.26. The molecule has 0 spiro atoms. The zero-order valence-corrected chi connectivity index (χ0v) is 18.4. The number of primary amides is 1. The Morgan fingerprint density at radius 1 is 1.17 bits per heavy atom. The fourth-order valence-electron chi connectivity index (χ4n) is 3.62. The monoisotopic (exact) mass is 411 g/mol. The fraction of sp³-hybridized carbons (Fsp3) is 0.478. The quantitative estimate of drug-likeness (QED) is 0.519. The van der Waals surface area contributed by atoms with Gasteiger partial charge >= 0.3 is 0 Å². The van der Waals surface area contributed by atoms with Crippen LogP contribution in [-0.2, 0) is 12.0 Å². The van der Waals surface area contributed by atoms with Gasteiger partial charge in [-0.15, -0.1) is 0 Å². The summed E-state index contributed by atoms with van der Waals surface area (Å²) >= 11 is 0. The number of nitrogens with one attached hydrogen (secondary N) is 2. The molecule has 7 heteroatoms. The normalized spacial score (nSPS) is 15.9. The van der Waals surface area contributed by atoms with Gasteiger partial charge in [-0.2, -0.15) is 0 Å². The number of nitrogens with two attached hydrogens (primary N) is 1. The van der Waals surface area contributed by atoms with Crippen LogP contribution in [0.15, 0.2) is 45.8 Å². The van der Waals surface area contributed by atoms with Crippen molar-refractivity contribution in [2.45, 2.75) is 51.6 Å². The Kier molecular flexibility index (Phi) is 6.70. The molecular weight excluding hydrogens is 378 g/mol. The van der Waals surface area contributed by atoms with Crippen LogP contribution in [0.3, 0.4) is 0 Å². The van der Waals surface area contributed by atoms with Crippen molar-refractivity contribution >= 4 is 17.6 Å². The van der Waals surface area contributed by atoms with E-state index in [-0.39, 0.29) is 11.2 Å². The number of hydrogen-bond donors (Lipinski definition) is 3. The van der Waals surface area contributed by atoms with E-state index in [0.29, 0.717) is 18.3 Å². The van der Waals surface area contributed by atoms with Gasteiger partial charge in [-0.05, 0) is 48.1 Å². The molecule has 0 unspecified atom stereocenters. The molecule has 4 N–H and O–H groups in total. The van der Waals surface area contributed by atoms with Crippen LogP contribution in [0.1, 0.15) is 55.5 Å². The molecule has 1 saturated heterocycles. The van der Waals surface area contributed by atoms with Crippen molar-refractivity contribution in [1.82, 2.24) is 10.6 Å². The van der Waals surface area contributed by atoms with E-state index in [4.69, 9.17) is 10.2 Å². The second-order valence-electron chi connectivity index (χ2n) is 8.76. The maximum Gasteiger partial charge on any atom is 0.284 e. The molecule has 30 heavy (non-hydrogen) atoms. The third kappa shape index (κ3) is 5.55. The van der Waals surface area contributed by atoms with Gasteiger partial charge in [-0.3, -0.25) is 9.79 Å². The summed E-state index contributed by atoms with van der Waals surface area (Å²) in [5, 5.41) is 6.71. The van der Waals surface area contributed by atoms with Crippen molar-refractivity contribution in [3.05, 3.63) is 53.5 Å². The first kappa shape index (κ1) is 21.7. The molecule has 2 aromatic rings.